The van der Waals surface area contributed by atoms with Crippen molar-refractivity contribution < 1.29 is 9.31 Å². The summed E-state index contributed by atoms with van der Waals surface area (Å²) in [6, 6.07) is 50.9. The number of benzene rings is 6. The van der Waals surface area contributed by atoms with Crippen molar-refractivity contribution in [3.8, 4) is 22.3 Å². The van der Waals surface area contributed by atoms with Crippen LogP contribution in [-0.2, 0) is 14.7 Å². The molecule has 0 aromatic heterocycles. The second kappa shape index (κ2) is 9.79. The molecule has 6 aromatic rings. The van der Waals surface area contributed by atoms with Crippen molar-refractivity contribution in [1.82, 2.24) is 0 Å². The number of rotatable bonds is 4. The third-order valence-electron chi connectivity index (χ3n) is 10.2. The smallest absolute Gasteiger partial charge is 0.399 e. The Morgan fingerprint density at radius 2 is 1.02 bits per heavy atom. The molecule has 8 rings (SSSR count). The first-order valence-corrected chi connectivity index (χ1v) is 15.5. The molecule has 1 fully saturated rings. The molecule has 1 aliphatic heterocycles. The van der Waals surface area contributed by atoms with Crippen LogP contribution < -0.4 is 5.46 Å². The van der Waals surface area contributed by atoms with Crippen LogP contribution >= 0.6 is 0 Å². The summed E-state index contributed by atoms with van der Waals surface area (Å²) in [7, 11) is -0.514. The largest absolute Gasteiger partial charge is 0.495 e. The summed E-state index contributed by atoms with van der Waals surface area (Å²) in [4.78, 5) is 0. The van der Waals surface area contributed by atoms with Crippen LogP contribution in [0.4, 0.5) is 0 Å². The summed E-state index contributed by atoms with van der Waals surface area (Å²) in [6.07, 6.45) is 0. The van der Waals surface area contributed by atoms with Gasteiger partial charge in [-0.25, -0.2) is 0 Å². The zero-order valence-corrected chi connectivity index (χ0v) is 25.7. The first-order valence-electron chi connectivity index (χ1n) is 15.5. The van der Waals surface area contributed by atoms with E-state index in [1.165, 1.54) is 44.2 Å². The highest BCUT2D eigenvalue weighted by atomic mass is 16.7. The molecular formula is C41H35BO2. The number of hydrogen-bond donors (Lipinski definition) is 0. The van der Waals surface area contributed by atoms with Crippen LogP contribution in [0.5, 0.6) is 0 Å². The lowest BCUT2D eigenvalue weighted by atomic mass is 9.65. The predicted molar refractivity (Wildman–Crippen MR) is 182 cm³/mol. The van der Waals surface area contributed by atoms with Crippen LogP contribution in [0, 0.1) is 0 Å². The average Bonchev–Trinajstić information content (AvgIpc) is 3.46. The van der Waals surface area contributed by atoms with Gasteiger partial charge < -0.3 is 9.31 Å². The normalized spacial score (nSPS) is 17.4. The maximum atomic E-state index is 6.79. The third-order valence-corrected chi connectivity index (χ3v) is 10.2. The molecule has 0 spiro atoms. The van der Waals surface area contributed by atoms with Crippen molar-refractivity contribution >= 4 is 23.4 Å². The van der Waals surface area contributed by atoms with Crippen LogP contribution in [0.1, 0.15) is 49.9 Å². The van der Waals surface area contributed by atoms with Crippen molar-refractivity contribution in [2.75, 3.05) is 0 Å². The highest BCUT2D eigenvalue weighted by molar-refractivity contribution is 6.64. The minimum atomic E-state index is -0.514. The van der Waals surface area contributed by atoms with E-state index in [9.17, 15) is 0 Å². The van der Waals surface area contributed by atoms with Gasteiger partial charge in [0.25, 0.3) is 0 Å². The van der Waals surface area contributed by atoms with Crippen molar-refractivity contribution in [2.24, 2.45) is 0 Å². The molecule has 1 heterocycles. The summed E-state index contributed by atoms with van der Waals surface area (Å²) in [5.41, 5.74) is 9.49. The fourth-order valence-corrected chi connectivity index (χ4v) is 7.28. The Bertz CT molecular complexity index is 1970. The van der Waals surface area contributed by atoms with Gasteiger partial charge >= 0.3 is 7.12 Å². The Balaban J connectivity index is 1.47. The first-order chi connectivity index (χ1) is 21.3. The van der Waals surface area contributed by atoms with E-state index in [1.807, 2.05) is 0 Å². The van der Waals surface area contributed by atoms with Gasteiger partial charge in [0.05, 0.1) is 16.6 Å². The molecule has 2 nitrogen and oxygen atoms in total. The summed E-state index contributed by atoms with van der Waals surface area (Å²) in [6.45, 7) is 8.52. The molecular weight excluding hydrogens is 535 g/mol. The van der Waals surface area contributed by atoms with Gasteiger partial charge in [0.2, 0.25) is 0 Å². The fourth-order valence-electron chi connectivity index (χ4n) is 7.28. The Hall–Kier alpha value is -4.44. The average molecular weight is 571 g/mol. The molecule has 44 heavy (non-hydrogen) atoms. The van der Waals surface area contributed by atoms with Gasteiger partial charge in [-0.15, -0.1) is 0 Å². The van der Waals surface area contributed by atoms with Crippen molar-refractivity contribution in [3.05, 3.63) is 162 Å². The Kier molecular flexibility index (Phi) is 6.04. The van der Waals surface area contributed by atoms with Crippen molar-refractivity contribution in [1.29, 1.82) is 0 Å². The van der Waals surface area contributed by atoms with Gasteiger partial charge in [-0.3, -0.25) is 0 Å². The van der Waals surface area contributed by atoms with Crippen molar-refractivity contribution in [2.45, 2.75) is 44.3 Å². The van der Waals surface area contributed by atoms with Crippen LogP contribution in [0.15, 0.2) is 140 Å². The fraction of sp³-hybridized carbons (Fsp3) is 0.171. The van der Waals surface area contributed by atoms with Crippen LogP contribution in [0.25, 0.3) is 33.0 Å². The van der Waals surface area contributed by atoms with E-state index >= 15 is 0 Å². The Morgan fingerprint density at radius 3 is 1.68 bits per heavy atom. The molecule has 214 valence electrons. The number of hydrogen-bond acceptors (Lipinski definition) is 2. The standard InChI is InChI=1S/C41H35BO2/c1-39(2)40(3,4)44-42(43-39)38-27-37-35(26-34(38)30-24-23-28-15-11-12-16-29(28)25-30)33-21-13-14-22-36(33)41(37,31-17-7-5-8-18-31)32-19-9-6-10-20-32/h5-27H,1-4H3. The second-order valence-corrected chi connectivity index (χ2v) is 13.2. The maximum absolute atomic E-state index is 6.79. The van der Waals surface area contributed by atoms with E-state index < -0.39 is 23.7 Å². The molecule has 1 saturated heterocycles. The molecule has 6 aromatic carbocycles. The molecule has 1 aliphatic carbocycles. The van der Waals surface area contributed by atoms with Crippen LogP contribution in [0.3, 0.4) is 0 Å². The predicted octanol–water partition coefficient (Wildman–Crippen LogP) is 9.17. The zero-order valence-electron chi connectivity index (χ0n) is 25.7. The third kappa shape index (κ3) is 3.89. The first kappa shape index (κ1) is 27.1. The maximum Gasteiger partial charge on any atom is 0.495 e. The SMILES string of the molecule is CC1(C)OB(c2cc3c(cc2-c2ccc4ccccc4c2)-c2ccccc2C3(c2ccccc2)c2ccccc2)OC1(C)C. The molecule has 0 saturated carbocycles. The van der Waals surface area contributed by atoms with Crippen LogP contribution in [0.2, 0.25) is 0 Å². The van der Waals surface area contributed by atoms with Gasteiger partial charge in [-0.1, -0.05) is 127 Å². The summed E-state index contributed by atoms with van der Waals surface area (Å²) in [5.74, 6) is 0. The highest BCUT2D eigenvalue weighted by Gasteiger charge is 2.53. The van der Waals surface area contributed by atoms with Gasteiger partial charge in [-0.2, -0.15) is 0 Å². The van der Waals surface area contributed by atoms with E-state index in [4.69, 9.17) is 9.31 Å². The van der Waals surface area contributed by atoms with Crippen molar-refractivity contribution in [3.63, 3.8) is 0 Å². The van der Waals surface area contributed by atoms with Crippen LogP contribution in [-0.4, -0.2) is 18.3 Å². The second-order valence-electron chi connectivity index (χ2n) is 13.2. The molecule has 0 radical (unpaired) electrons. The topological polar surface area (TPSA) is 18.5 Å². The summed E-state index contributed by atoms with van der Waals surface area (Å²) >= 11 is 0. The highest BCUT2D eigenvalue weighted by Crippen LogP contribution is 2.56. The monoisotopic (exact) mass is 570 g/mol. The Morgan fingerprint density at radius 1 is 0.455 bits per heavy atom. The van der Waals surface area contributed by atoms with Gasteiger partial charge in [0.15, 0.2) is 0 Å². The van der Waals surface area contributed by atoms with E-state index in [0.29, 0.717) is 0 Å². The number of fused-ring (bicyclic) bond motifs is 4. The summed E-state index contributed by atoms with van der Waals surface area (Å²) in [5, 5.41) is 2.45. The lowest BCUT2D eigenvalue weighted by molar-refractivity contribution is 0.00578. The van der Waals surface area contributed by atoms with Gasteiger partial charge in [0, 0.05) is 0 Å². The molecule has 2 aliphatic rings. The minimum Gasteiger partial charge on any atom is -0.399 e. The summed E-state index contributed by atoms with van der Waals surface area (Å²) < 4.78 is 13.6. The van der Waals surface area contributed by atoms with E-state index in [1.54, 1.807) is 0 Å². The van der Waals surface area contributed by atoms with Gasteiger partial charge in [-0.05, 0) is 101 Å². The quantitative estimate of drug-likeness (QED) is 0.197. The van der Waals surface area contributed by atoms with E-state index in [-0.39, 0.29) is 0 Å². The molecule has 0 bridgehead atoms. The lowest BCUT2D eigenvalue weighted by Gasteiger charge is -2.34. The van der Waals surface area contributed by atoms with E-state index in [2.05, 4.69) is 167 Å². The molecule has 0 atom stereocenters. The Labute approximate surface area is 260 Å². The minimum absolute atomic E-state index is 0.462. The van der Waals surface area contributed by atoms with Gasteiger partial charge in [0.1, 0.15) is 0 Å². The molecule has 0 N–H and O–H groups in total. The molecule has 3 heteroatoms. The van der Waals surface area contributed by atoms with E-state index in [0.717, 1.165) is 16.6 Å². The lowest BCUT2D eigenvalue weighted by Crippen LogP contribution is -2.41. The molecule has 0 unspecified atom stereocenters. The zero-order chi connectivity index (χ0) is 30.1. The molecule has 0 amide bonds.